The molecule has 1 aromatic heterocycles. The highest BCUT2D eigenvalue weighted by molar-refractivity contribution is 7.17. The normalized spacial score (nSPS) is 27.3. The van der Waals surface area contributed by atoms with Crippen LogP contribution in [0.15, 0.2) is 36.4 Å². The molecule has 0 unspecified atom stereocenters. The summed E-state index contributed by atoms with van der Waals surface area (Å²) in [7, 11) is 0. The number of amides is 2. The lowest BCUT2D eigenvalue weighted by Crippen LogP contribution is -2.62. The van der Waals surface area contributed by atoms with Gasteiger partial charge < -0.3 is 11.1 Å². The Bertz CT molecular complexity index is 820. The topological polar surface area (TPSA) is 75.4 Å². The lowest BCUT2D eigenvalue weighted by Gasteiger charge is -2.49. The fourth-order valence-electron chi connectivity index (χ4n) is 4.18. The first-order valence-electron chi connectivity index (χ1n) is 9.08. The van der Waals surface area contributed by atoms with Crippen LogP contribution < -0.4 is 11.1 Å². The standard InChI is InChI=1S/C20H23N3O2S/c1-12-18(14-8-10-23(12)11-9-14)22-20(25)17-7-6-16(26-17)13-2-4-15(5-3-13)19(21)24/h2-7,12,14,18H,8-11H2,1H3,(H2,21,24)(H,22,25)/t12-,18+/m1/s1. The molecule has 0 aliphatic carbocycles. The maximum Gasteiger partial charge on any atom is 0.261 e. The van der Waals surface area contributed by atoms with Gasteiger partial charge in [-0.05, 0) is 68.6 Å². The molecule has 4 heterocycles. The van der Waals surface area contributed by atoms with Gasteiger partial charge in [0.15, 0.2) is 0 Å². The van der Waals surface area contributed by atoms with E-state index in [0.717, 1.165) is 28.4 Å². The Labute approximate surface area is 157 Å². The molecule has 3 aliphatic rings. The summed E-state index contributed by atoms with van der Waals surface area (Å²) in [5, 5.41) is 3.27. The number of benzene rings is 1. The van der Waals surface area contributed by atoms with Gasteiger partial charge in [-0.2, -0.15) is 0 Å². The van der Waals surface area contributed by atoms with E-state index < -0.39 is 5.91 Å². The Kier molecular flexibility index (Phi) is 4.54. The molecule has 136 valence electrons. The summed E-state index contributed by atoms with van der Waals surface area (Å²) >= 11 is 1.48. The van der Waals surface area contributed by atoms with Gasteiger partial charge in [0.1, 0.15) is 0 Å². The summed E-state index contributed by atoms with van der Waals surface area (Å²) in [4.78, 5) is 28.1. The number of primary amides is 1. The van der Waals surface area contributed by atoms with Crippen molar-refractivity contribution in [3.63, 3.8) is 0 Å². The van der Waals surface area contributed by atoms with Gasteiger partial charge in [0.25, 0.3) is 5.91 Å². The number of nitrogens with zero attached hydrogens (tertiary/aromatic N) is 1. The van der Waals surface area contributed by atoms with E-state index in [1.165, 1.54) is 24.2 Å². The minimum absolute atomic E-state index is 0.0145. The van der Waals surface area contributed by atoms with Crippen LogP contribution in [0.1, 0.15) is 39.8 Å². The predicted octanol–water partition coefficient (Wildman–Crippen LogP) is 2.73. The molecule has 3 fully saturated rings. The fraction of sp³-hybridized carbons (Fsp3) is 0.400. The maximum absolute atomic E-state index is 12.7. The molecule has 2 aromatic rings. The summed E-state index contributed by atoms with van der Waals surface area (Å²) in [5.41, 5.74) is 6.75. The van der Waals surface area contributed by atoms with Crippen LogP contribution in [0.25, 0.3) is 10.4 Å². The number of piperidine rings is 3. The first-order valence-corrected chi connectivity index (χ1v) is 9.89. The van der Waals surface area contributed by atoms with Crippen LogP contribution in [-0.2, 0) is 0 Å². The van der Waals surface area contributed by atoms with Gasteiger partial charge in [-0.1, -0.05) is 12.1 Å². The molecule has 0 radical (unpaired) electrons. The minimum Gasteiger partial charge on any atom is -0.366 e. The van der Waals surface area contributed by atoms with E-state index in [-0.39, 0.29) is 11.9 Å². The second kappa shape index (κ2) is 6.85. The Hall–Kier alpha value is -2.18. The average molecular weight is 369 g/mol. The van der Waals surface area contributed by atoms with Crippen LogP contribution in [0.5, 0.6) is 0 Å². The molecule has 5 nitrogen and oxygen atoms in total. The smallest absolute Gasteiger partial charge is 0.261 e. The molecule has 3 saturated heterocycles. The molecule has 0 saturated carbocycles. The Morgan fingerprint density at radius 1 is 1.12 bits per heavy atom. The van der Waals surface area contributed by atoms with Crippen LogP contribution >= 0.6 is 11.3 Å². The molecule has 3 aliphatic heterocycles. The van der Waals surface area contributed by atoms with Crippen molar-refractivity contribution in [3.05, 3.63) is 46.8 Å². The van der Waals surface area contributed by atoms with Crippen molar-refractivity contribution >= 4 is 23.2 Å². The van der Waals surface area contributed by atoms with Gasteiger partial charge in [-0.15, -0.1) is 11.3 Å². The van der Waals surface area contributed by atoms with Crippen molar-refractivity contribution in [2.45, 2.75) is 31.8 Å². The van der Waals surface area contributed by atoms with Gasteiger partial charge in [-0.3, -0.25) is 14.5 Å². The van der Waals surface area contributed by atoms with Crippen LogP contribution in [0.4, 0.5) is 0 Å². The molecule has 0 spiro atoms. The number of carbonyl (C=O) groups excluding carboxylic acids is 2. The third-order valence-electron chi connectivity index (χ3n) is 5.76. The number of hydrogen-bond acceptors (Lipinski definition) is 4. The molecule has 2 bridgehead atoms. The Balaban J connectivity index is 1.47. The van der Waals surface area contributed by atoms with Gasteiger partial charge in [-0.25, -0.2) is 0 Å². The zero-order valence-corrected chi connectivity index (χ0v) is 15.6. The lowest BCUT2D eigenvalue weighted by molar-refractivity contribution is 0.0218. The Morgan fingerprint density at radius 3 is 2.42 bits per heavy atom. The van der Waals surface area contributed by atoms with Crippen LogP contribution in [-0.4, -0.2) is 41.9 Å². The van der Waals surface area contributed by atoms with Crippen molar-refractivity contribution in [2.24, 2.45) is 11.7 Å². The Morgan fingerprint density at radius 2 is 1.81 bits per heavy atom. The van der Waals surface area contributed by atoms with Gasteiger partial charge in [0.05, 0.1) is 4.88 Å². The number of nitrogens with one attached hydrogen (secondary N) is 1. The first kappa shape index (κ1) is 17.2. The minimum atomic E-state index is -0.436. The highest BCUT2D eigenvalue weighted by Gasteiger charge is 2.40. The predicted molar refractivity (Wildman–Crippen MR) is 103 cm³/mol. The average Bonchev–Trinajstić information content (AvgIpc) is 3.15. The maximum atomic E-state index is 12.7. The van der Waals surface area contributed by atoms with Crippen LogP contribution in [0.3, 0.4) is 0 Å². The number of rotatable bonds is 4. The van der Waals surface area contributed by atoms with Crippen molar-refractivity contribution < 1.29 is 9.59 Å². The van der Waals surface area contributed by atoms with E-state index in [0.29, 0.717) is 17.5 Å². The van der Waals surface area contributed by atoms with Crippen molar-refractivity contribution in [3.8, 4) is 10.4 Å². The number of fused-ring (bicyclic) bond motifs is 3. The van der Waals surface area contributed by atoms with Crippen LogP contribution in [0, 0.1) is 5.92 Å². The molecule has 6 heteroatoms. The van der Waals surface area contributed by atoms with Crippen LogP contribution in [0.2, 0.25) is 0 Å². The van der Waals surface area contributed by atoms with Gasteiger partial charge in [0, 0.05) is 22.5 Å². The zero-order valence-electron chi connectivity index (χ0n) is 14.8. The van der Waals surface area contributed by atoms with Crippen molar-refractivity contribution in [1.82, 2.24) is 10.2 Å². The molecular formula is C20H23N3O2S. The summed E-state index contributed by atoms with van der Waals surface area (Å²) in [6, 6.07) is 11.6. The number of hydrogen-bond donors (Lipinski definition) is 2. The summed E-state index contributed by atoms with van der Waals surface area (Å²) in [6.45, 7) is 4.53. The quantitative estimate of drug-likeness (QED) is 0.870. The van der Waals surface area contributed by atoms with E-state index in [2.05, 4.69) is 17.1 Å². The van der Waals surface area contributed by atoms with E-state index in [1.807, 2.05) is 24.3 Å². The summed E-state index contributed by atoms with van der Waals surface area (Å²) in [5.74, 6) is 0.176. The fourth-order valence-corrected chi connectivity index (χ4v) is 5.10. The van der Waals surface area contributed by atoms with Crippen molar-refractivity contribution in [1.29, 1.82) is 0 Å². The van der Waals surface area contributed by atoms with E-state index in [4.69, 9.17) is 5.73 Å². The van der Waals surface area contributed by atoms with Gasteiger partial charge >= 0.3 is 0 Å². The molecule has 3 N–H and O–H groups in total. The molecular weight excluding hydrogens is 346 g/mol. The first-order chi connectivity index (χ1) is 12.5. The lowest BCUT2D eigenvalue weighted by atomic mass is 9.79. The molecule has 2 atom stereocenters. The molecule has 1 aromatic carbocycles. The second-order valence-corrected chi connectivity index (χ2v) is 8.30. The van der Waals surface area contributed by atoms with Gasteiger partial charge in [0.2, 0.25) is 5.91 Å². The molecule has 26 heavy (non-hydrogen) atoms. The SMILES string of the molecule is C[C@@H]1[C@H](NC(=O)c2ccc(-c3ccc(C(N)=O)cc3)s2)C2CCN1CC2. The third-order valence-corrected chi connectivity index (χ3v) is 6.89. The highest BCUT2D eigenvalue weighted by Crippen LogP contribution is 2.33. The third kappa shape index (κ3) is 3.15. The van der Waals surface area contributed by atoms with Crippen molar-refractivity contribution in [2.75, 3.05) is 13.1 Å². The number of nitrogens with two attached hydrogens (primary N) is 1. The highest BCUT2D eigenvalue weighted by atomic mass is 32.1. The molecule has 5 rings (SSSR count). The number of carbonyl (C=O) groups is 2. The monoisotopic (exact) mass is 369 g/mol. The number of thiophene rings is 1. The van der Waals surface area contributed by atoms with E-state index >= 15 is 0 Å². The zero-order chi connectivity index (χ0) is 18.3. The largest absolute Gasteiger partial charge is 0.366 e. The van der Waals surface area contributed by atoms with E-state index in [1.54, 1.807) is 12.1 Å². The summed E-state index contributed by atoms with van der Waals surface area (Å²) in [6.07, 6.45) is 2.36. The molecule has 2 amide bonds. The summed E-state index contributed by atoms with van der Waals surface area (Å²) < 4.78 is 0. The second-order valence-electron chi connectivity index (χ2n) is 7.22. The van der Waals surface area contributed by atoms with E-state index in [9.17, 15) is 9.59 Å².